The highest BCUT2D eigenvalue weighted by Gasteiger charge is 2.46. The molecule has 0 atom stereocenters. The van der Waals surface area contributed by atoms with Crippen LogP contribution in [0.1, 0.15) is 23.2 Å². The highest BCUT2D eigenvalue weighted by atomic mass is 35.5. The third kappa shape index (κ3) is 2.40. The van der Waals surface area contributed by atoms with Crippen LogP contribution < -0.4 is 11.1 Å². The van der Waals surface area contributed by atoms with Gasteiger partial charge in [-0.15, -0.1) is 0 Å². The molecular weight excluding hydrogens is 244 g/mol. The van der Waals surface area contributed by atoms with Gasteiger partial charge in [0.1, 0.15) is 0 Å². The summed E-state index contributed by atoms with van der Waals surface area (Å²) in [5.74, 6) is -1.36. The highest BCUT2D eigenvalue weighted by Crippen LogP contribution is 2.34. The number of hydrogen-bond donors (Lipinski definition) is 3. The number of nitrogens with two attached hydrogens (primary N) is 1. The average molecular weight is 255 g/mol. The molecule has 0 heterocycles. The van der Waals surface area contributed by atoms with Crippen molar-refractivity contribution < 1.29 is 14.7 Å². The van der Waals surface area contributed by atoms with E-state index in [2.05, 4.69) is 5.32 Å². The molecule has 5 nitrogen and oxygen atoms in total. The highest BCUT2D eigenvalue weighted by molar-refractivity contribution is 6.34. The summed E-state index contributed by atoms with van der Waals surface area (Å²) in [5, 5.41) is 11.5. The molecule has 2 rings (SSSR count). The Bertz CT molecular complexity index is 497. The molecule has 1 aliphatic rings. The molecule has 1 amide bonds. The zero-order chi connectivity index (χ0) is 12.6. The lowest BCUT2D eigenvalue weighted by Crippen LogP contribution is -2.37. The van der Waals surface area contributed by atoms with Crippen LogP contribution in [-0.2, 0) is 4.79 Å². The van der Waals surface area contributed by atoms with Gasteiger partial charge in [0.15, 0.2) is 0 Å². The van der Waals surface area contributed by atoms with Crippen molar-refractivity contribution >= 4 is 29.2 Å². The molecular formula is C11H11ClN2O3. The number of rotatable bonds is 3. The summed E-state index contributed by atoms with van der Waals surface area (Å²) in [4.78, 5) is 22.3. The van der Waals surface area contributed by atoms with Gasteiger partial charge < -0.3 is 16.2 Å². The van der Waals surface area contributed by atoms with Crippen molar-refractivity contribution in [2.75, 3.05) is 5.32 Å². The molecule has 1 aliphatic carbocycles. The average Bonchev–Trinajstić information content (AvgIpc) is 3.00. The first kappa shape index (κ1) is 11.9. The van der Waals surface area contributed by atoms with E-state index in [1.165, 1.54) is 18.2 Å². The van der Waals surface area contributed by atoms with Crippen LogP contribution in [0.25, 0.3) is 0 Å². The van der Waals surface area contributed by atoms with Crippen molar-refractivity contribution in [3.63, 3.8) is 0 Å². The number of amides is 1. The number of nitrogens with one attached hydrogen (secondary N) is 1. The van der Waals surface area contributed by atoms with E-state index in [-0.39, 0.29) is 16.5 Å². The van der Waals surface area contributed by atoms with Crippen LogP contribution in [0.3, 0.4) is 0 Å². The van der Waals surface area contributed by atoms with Gasteiger partial charge in [-0.2, -0.15) is 0 Å². The SMILES string of the molecule is NC1(C(=O)Nc2ccc(C(=O)O)cc2Cl)CC1. The number of benzene rings is 1. The lowest BCUT2D eigenvalue weighted by molar-refractivity contribution is -0.118. The third-order valence-electron chi connectivity index (χ3n) is 2.71. The van der Waals surface area contributed by atoms with Crippen molar-refractivity contribution in [2.45, 2.75) is 18.4 Å². The molecule has 6 heteroatoms. The maximum atomic E-state index is 11.7. The summed E-state index contributed by atoms with van der Waals surface area (Å²) < 4.78 is 0. The molecule has 17 heavy (non-hydrogen) atoms. The zero-order valence-electron chi connectivity index (χ0n) is 8.87. The number of carboxylic acid groups (broad SMARTS) is 1. The Morgan fingerprint density at radius 1 is 1.41 bits per heavy atom. The van der Waals surface area contributed by atoms with Crippen LogP contribution in [0, 0.1) is 0 Å². The number of aromatic carboxylic acids is 1. The number of anilines is 1. The van der Waals surface area contributed by atoms with E-state index in [0.29, 0.717) is 18.5 Å². The Morgan fingerprint density at radius 3 is 2.53 bits per heavy atom. The molecule has 0 bridgehead atoms. The maximum Gasteiger partial charge on any atom is 0.335 e. The molecule has 90 valence electrons. The summed E-state index contributed by atoms with van der Waals surface area (Å²) >= 11 is 5.87. The minimum atomic E-state index is -1.07. The van der Waals surface area contributed by atoms with E-state index in [9.17, 15) is 9.59 Å². The van der Waals surface area contributed by atoms with Crippen molar-refractivity contribution in [2.24, 2.45) is 5.73 Å². The lowest BCUT2D eigenvalue weighted by Gasteiger charge is -2.11. The van der Waals surface area contributed by atoms with Gasteiger partial charge in [0, 0.05) is 0 Å². The van der Waals surface area contributed by atoms with Gasteiger partial charge in [-0.1, -0.05) is 11.6 Å². The second kappa shape index (κ2) is 4.01. The molecule has 1 saturated carbocycles. The van der Waals surface area contributed by atoms with Gasteiger partial charge in [-0.05, 0) is 31.0 Å². The molecule has 0 saturated heterocycles. The predicted molar refractivity (Wildman–Crippen MR) is 63.2 cm³/mol. The first-order chi connectivity index (χ1) is 7.92. The standard InChI is InChI=1S/C11H11ClN2O3/c12-7-5-6(9(15)16)1-2-8(7)14-10(17)11(13)3-4-11/h1-2,5H,3-4,13H2,(H,14,17)(H,15,16). The van der Waals surface area contributed by atoms with Gasteiger partial charge in [-0.3, -0.25) is 4.79 Å². The Kier molecular flexibility index (Phi) is 2.81. The van der Waals surface area contributed by atoms with Crippen LogP contribution in [0.4, 0.5) is 5.69 Å². The van der Waals surface area contributed by atoms with E-state index < -0.39 is 11.5 Å². The van der Waals surface area contributed by atoms with Crippen LogP contribution in [-0.4, -0.2) is 22.5 Å². The van der Waals surface area contributed by atoms with Crippen LogP contribution >= 0.6 is 11.6 Å². The topological polar surface area (TPSA) is 92.4 Å². The fourth-order valence-corrected chi connectivity index (χ4v) is 1.59. The van der Waals surface area contributed by atoms with Crippen LogP contribution in [0.15, 0.2) is 18.2 Å². The van der Waals surface area contributed by atoms with Gasteiger partial charge in [-0.25, -0.2) is 4.79 Å². The summed E-state index contributed by atoms with van der Waals surface area (Å²) in [6, 6.07) is 4.12. The van der Waals surface area contributed by atoms with Gasteiger partial charge in [0.2, 0.25) is 5.91 Å². The van der Waals surface area contributed by atoms with Crippen LogP contribution in [0.2, 0.25) is 5.02 Å². The number of halogens is 1. The molecule has 1 aromatic rings. The van der Waals surface area contributed by atoms with E-state index in [0.717, 1.165) is 0 Å². The monoisotopic (exact) mass is 254 g/mol. The molecule has 0 radical (unpaired) electrons. The molecule has 0 aliphatic heterocycles. The number of carbonyl (C=O) groups is 2. The summed E-state index contributed by atoms with van der Waals surface area (Å²) in [6.07, 6.45) is 1.31. The Balaban J connectivity index is 2.17. The zero-order valence-corrected chi connectivity index (χ0v) is 9.62. The quantitative estimate of drug-likeness (QED) is 0.762. The molecule has 0 unspecified atom stereocenters. The molecule has 1 aromatic carbocycles. The fraction of sp³-hybridized carbons (Fsp3) is 0.273. The first-order valence-corrected chi connectivity index (χ1v) is 5.43. The number of hydrogen-bond acceptors (Lipinski definition) is 3. The molecule has 0 spiro atoms. The molecule has 4 N–H and O–H groups in total. The normalized spacial score (nSPS) is 16.4. The van der Waals surface area contributed by atoms with Crippen LogP contribution in [0.5, 0.6) is 0 Å². The van der Waals surface area contributed by atoms with E-state index in [1.807, 2.05) is 0 Å². The Morgan fingerprint density at radius 2 is 2.06 bits per heavy atom. The van der Waals surface area contributed by atoms with E-state index in [4.69, 9.17) is 22.4 Å². The van der Waals surface area contributed by atoms with E-state index >= 15 is 0 Å². The largest absolute Gasteiger partial charge is 0.478 e. The Hall–Kier alpha value is -1.59. The first-order valence-electron chi connectivity index (χ1n) is 5.05. The van der Waals surface area contributed by atoms with Gasteiger partial charge >= 0.3 is 5.97 Å². The second-order valence-corrected chi connectivity index (χ2v) is 4.52. The lowest BCUT2D eigenvalue weighted by atomic mass is 10.2. The summed E-state index contributed by atoms with van der Waals surface area (Å²) in [7, 11) is 0. The number of carboxylic acids is 1. The van der Waals surface area contributed by atoms with Crippen molar-refractivity contribution in [1.29, 1.82) is 0 Å². The Labute approximate surface area is 103 Å². The molecule has 0 aromatic heterocycles. The number of carbonyl (C=O) groups excluding carboxylic acids is 1. The minimum Gasteiger partial charge on any atom is -0.478 e. The van der Waals surface area contributed by atoms with Gasteiger partial charge in [0.25, 0.3) is 0 Å². The van der Waals surface area contributed by atoms with Crippen molar-refractivity contribution in [3.8, 4) is 0 Å². The smallest absolute Gasteiger partial charge is 0.335 e. The fourth-order valence-electron chi connectivity index (χ4n) is 1.36. The van der Waals surface area contributed by atoms with Gasteiger partial charge in [0.05, 0.1) is 21.8 Å². The minimum absolute atomic E-state index is 0.0712. The summed E-state index contributed by atoms with van der Waals surface area (Å²) in [6.45, 7) is 0. The van der Waals surface area contributed by atoms with Crippen molar-refractivity contribution in [3.05, 3.63) is 28.8 Å². The summed E-state index contributed by atoms with van der Waals surface area (Å²) in [5.41, 5.74) is 5.38. The maximum absolute atomic E-state index is 11.7. The van der Waals surface area contributed by atoms with E-state index in [1.54, 1.807) is 0 Å². The molecule has 1 fully saturated rings. The second-order valence-electron chi connectivity index (χ2n) is 4.11. The third-order valence-corrected chi connectivity index (χ3v) is 3.02. The van der Waals surface area contributed by atoms with Crippen molar-refractivity contribution in [1.82, 2.24) is 0 Å². The predicted octanol–water partition coefficient (Wildman–Crippen LogP) is 1.47.